The van der Waals surface area contributed by atoms with E-state index in [1.807, 2.05) is 30.3 Å². The number of carbonyl (C=O) groups excluding carboxylic acids is 2. The van der Waals surface area contributed by atoms with E-state index in [4.69, 9.17) is 0 Å². The highest BCUT2D eigenvalue weighted by Crippen LogP contribution is 2.36. The molecule has 0 aromatic heterocycles. The Morgan fingerprint density at radius 1 is 1.12 bits per heavy atom. The molecular formula is C21H24N2O3. The first-order valence-corrected chi connectivity index (χ1v) is 8.92. The number of urea groups is 1. The van der Waals surface area contributed by atoms with Crippen molar-refractivity contribution in [2.24, 2.45) is 5.92 Å². The van der Waals surface area contributed by atoms with E-state index < -0.39 is 0 Å². The fraction of sp³-hybridized carbons (Fsp3) is 0.333. The number of Topliss-reactive ketones (excluding diaryl/α,β-unsaturated/α-hetero) is 1. The van der Waals surface area contributed by atoms with Gasteiger partial charge in [0.25, 0.3) is 0 Å². The summed E-state index contributed by atoms with van der Waals surface area (Å²) in [6, 6.07) is 16.2. The summed E-state index contributed by atoms with van der Waals surface area (Å²) in [6.45, 7) is 1.91. The number of hydrogen-bond acceptors (Lipinski definition) is 3. The minimum Gasteiger partial charge on any atom is -0.394 e. The van der Waals surface area contributed by atoms with Crippen LogP contribution >= 0.6 is 0 Å². The average Bonchev–Trinajstić information content (AvgIpc) is 3.48. The van der Waals surface area contributed by atoms with Gasteiger partial charge in [-0.2, -0.15) is 0 Å². The number of ketones is 1. The third-order valence-corrected chi connectivity index (χ3v) is 4.75. The molecule has 0 spiro atoms. The number of carbonyl (C=O) groups is 2. The highest BCUT2D eigenvalue weighted by atomic mass is 16.3. The maximum Gasteiger partial charge on any atom is 0.322 e. The van der Waals surface area contributed by atoms with Crippen LogP contribution in [0.5, 0.6) is 0 Å². The van der Waals surface area contributed by atoms with E-state index in [1.54, 1.807) is 29.2 Å². The summed E-state index contributed by atoms with van der Waals surface area (Å²) in [5, 5.41) is 12.7. The van der Waals surface area contributed by atoms with E-state index in [0.29, 0.717) is 23.7 Å². The lowest BCUT2D eigenvalue weighted by atomic mass is 10.1. The van der Waals surface area contributed by atoms with Crippen molar-refractivity contribution in [3.8, 4) is 0 Å². The molecule has 1 atom stereocenters. The first-order chi connectivity index (χ1) is 12.6. The molecule has 2 aromatic rings. The third kappa shape index (κ3) is 4.49. The van der Waals surface area contributed by atoms with Crippen molar-refractivity contribution in [3.05, 3.63) is 65.7 Å². The number of nitrogens with zero attached hydrogens (tertiary/aromatic N) is 1. The Hall–Kier alpha value is -2.66. The molecule has 1 saturated carbocycles. The summed E-state index contributed by atoms with van der Waals surface area (Å²) in [5.74, 6) is 0.345. The molecule has 2 amide bonds. The molecule has 1 fully saturated rings. The molecule has 2 N–H and O–H groups in total. The van der Waals surface area contributed by atoms with Gasteiger partial charge in [-0.15, -0.1) is 0 Å². The molecule has 5 heteroatoms. The normalized spacial score (nSPS) is 14.5. The smallest absolute Gasteiger partial charge is 0.322 e. The molecule has 1 unspecified atom stereocenters. The first kappa shape index (κ1) is 18.1. The fourth-order valence-electron chi connectivity index (χ4n) is 3.09. The van der Waals surface area contributed by atoms with Gasteiger partial charge < -0.3 is 15.3 Å². The van der Waals surface area contributed by atoms with Crippen LogP contribution in [0.1, 0.15) is 35.7 Å². The number of hydrogen-bond donors (Lipinski definition) is 2. The quantitative estimate of drug-likeness (QED) is 0.747. The zero-order chi connectivity index (χ0) is 18.5. The van der Waals surface area contributed by atoms with Crippen LogP contribution in [0.2, 0.25) is 0 Å². The Morgan fingerprint density at radius 3 is 2.31 bits per heavy atom. The van der Waals surface area contributed by atoms with Crippen LogP contribution in [0.25, 0.3) is 0 Å². The van der Waals surface area contributed by atoms with E-state index in [0.717, 1.165) is 18.4 Å². The molecule has 2 aromatic carbocycles. The number of anilines is 1. The Bertz CT molecular complexity index is 755. The van der Waals surface area contributed by atoms with Gasteiger partial charge in [-0.05, 0) is 55.5 Å². The van der Waals surface area contributed by atoms with Gasteiger partial charge in [0.05, 0.1) is 12.6 Å². The van der Waals surface area contributed by atoms with Crippen molar-refractivity contribution in [1.29, 1.82) is 0 Å². The van der Waals surface area contributed by atoms with Crippen molar-refractivity contribution in [2.45, 2.75) is 32.4 Å². The molecule has 26 heavy (non-hydrogen) atoms. The van der Waals surface area contributed by atoms with Gasteiger partial charge >= 0.3 is 6.03 Å². The highest BCUT2D eigenvalue weighted by molar-refractivity contribution is 5.95. The summed E-state index contributed by atoms with van der Waals surface area (Å²) in [7, 11) is 0. The van der Waals surface area contributed by atoms with Crippen LogP contribution in [-0.4, -0.2) is 34.5 Å². The van der Waals surface area contributed by atoms with Gasteiger partial charge in [0.1, 0.15) is 0 Å². The zero-order valence-electron chi connectivity index (χ0n) is 14.9. The van der Waals surface area contributed by atoms with Gasteiger partial charge in [0, 0.05) is 17.8 Å². The molecular weight excluding hydrogens is 328 g/mol. The van der Waals surface area contributed by atoms with Crippen molar-refractivity contribution < 1.29 is 14.7 Å². The first-order valence-electron chi connectivity index (χ1n) is 8.92. The van der Waals surface area contributed by atoms with Crippen LogP contribution < -0.4 is 5.32 Å². The molecule has 0 radical (unpaired) electrons. The van der Waals surface area contributed by atoms with Crippen LogP contribution in [0.4, 0.5) is 10.5 Å². The predicted molar refractivity (Wildman–Crippen MR) is 101 cm³/mol. The number of benzene rings is 2. The number of nitrogens with one attached hydrogen (secondary N) is 1. The second-order valence-electron chi connectivity index (χ2n) is 6.76. The maximum atomic E-state index is 12.9. The molecule has 0 bridgehead atoms. The van der Waals surface area contributed by atoms with E-state index in [-0.39, 0.29) is 24.5 Å². The van der Waals surface area contributed by atoms with Crippen molar-refractivity contribution in [3.63, 3.8) is 0 Å². The van der Waals surface area contributed by atoms with E-state index >= 15 is 0 Å². The Labute approximate surface area is 153 Å². The number of aliphatic hydroxyl groups excluding tert-OH is 1. The lowest BCUT2D eigenvalue weighted by Crippen LogP contribution is -2.45. The van der Waals surface area contributed by atoms with Crippen LogP contribution in [0.15, 0.2) is 54.6 Å². The SMILES string of the molecule is CC(=O)c1ccc(NC(=O)N(Cc2ccccc2)C(CO)C2CC2)cc1. The third-order valence-electron chi connectivity index (χ3n) is 4.75. The van der Waals surface area contributed by atoms with Gasteiger partial charge in [0.2, 0.25) is 0 Å². The molecule has 0 aliphatic heterocycles. The van der Waals surface area contributed by atoms with E-state index in [2.05, 4.69) is 5.32 Å². The van der Waals surface area contributed by atoms with Crippen molar-refractivity contribution >= 4 is 17.5 Å². The number of rotatable bonds is 7. The monoisotopic (exact) mass is 352 g/mol. The van der Waals surface area contributed by atoms with Gasteiger partial charge in [-0.25, -0.2) is 4.79 Å². The summed E-state index contributed by atoms with van der Waals surface area (Å²) in [5.41, 5.74) is 2.26. The second kappa shape index (κ2) is 8.15. The summed E-state index contributed by atoms with van der Waals surface area (Å²) >= 11 is 0. The molecule has 5 nitrogen and oxygen atoms in total. The highest BCUT2D eigenvalue weighted by Gasteiger charge is 2.37. The zero-order valence-corrected chi connectivity index (χ0v) is 14.9. The maximum absolute atomic E-state index is 12.9. The van der Waals surface area contributed by atoms with Gasteiger partial charge in [-0.3, -0.25) is 4.79 Å². The lowest BCUT2D eigenvalue weighted by molar-refractivity contribution is 0.101. The number of amides is 2. The van der Waals surface area contributed by atoms with Gasteiger partial charge in [-0.1, -0.05) is 30.3 Å². The predicted octanol–water partition coefficient (Wildman–Crippen LogP) is 3.69. The van der Waals surface area contributed by atoms with Gasteiger partial charge in [0.15, 0.2) is 5.78 Å². The molecule has 0 saturated heterocycles. The molecule has 1 aliphatic rings. The minimum atomic E-state index is -0.240. The Kier molecular flexibility index (Phi) is 5.68. The molecule has 1 aliphatic carbocycles. The van der Waals surface area contributed by atoms with E-state index in [9.17, 15) is 14.7 Å². The number of aliphatic hydroxyl groups is 1. The standard InChI is InChI=1S/C21H24N2O3/c1-15(25)17-9-11-19(12-10-17)22-21(26)23(20(14-24)18-7-8-18)13-16-5-3-2-4-6-16/h2-6,9-12,18,20,24H,7-8,13-14H2,1H3,(H,22,26). The largest absolute Gasteiger partial charge is 0.394 e. The topological polar surface area (TPSA) is 69.6 Å². The Morgan fingerprint density at radius 2 is 1.77 bits per heavy atom. The van der Waals surface area contributed by atoms with Crippen LogP contribution in [-0.2, 0) is 6.54 Å². The molecule has 136 valence electrons. The van der Waals surface area contributed by atoms with Crippen molar-refractivity contribution in [1.82, 2.24) is 4.90 Å². The summed E-state index contributed by atoms with van der Waals surface area (Å²) in [6.07, 6.45) is 2.08. The molecule has 3 rings (SSSR count). The second-order valence-corrected chi connectivity index (χ2v) is 6.76. The van der Waals surface area contributed by atoms with E-state index in [1.165, 1.54) is 6.92 Å². The summed E-state index contributed by atoms with van der Waals surface area (Å²) < 4.78 is 0. The summed E-state index contributed by atoms with van der Waals surface area (Å²) in [4.78, 5) is 26.0. The van der Waals surface area contributed by atoms with Crippen molar-refractivity contribution in [2.75, 3.05) is 11.9 Å². The van der Waals surface area contributed by atoms with Crippen LogP contribution in [0, 0.1) is 5.92 Å². The van der Waals surface area contributed by atoms with Crippen LogP contribution in [0.3, 0.4) is 0 Å². The molecule has 0 heterocycles. The Balaban J connectivity index is 1.76. The minimum absolute atomic E-state index is 0.0114. The average molecular weight is 352 g/mol. The fourth-order valence-corrected chi connectivity index (χ4v) is 3.09. The lowest BCUT2D eigenvalue weighted by Gasteiger charge is -2.31.